The second-order valence-corrected chi connectivity index (χ2v) is 4.30. The lowest BCUT2D eigenvalue weighted by molar-refractivity contribution is 0.473. The van der Waals surface area contributed by atoms with Gasteiger partial charge in [0.1, 0.15) is 5.69 Å². The molecule has 0 amide bonds. The van der Waals surface area contributed by atoms with Crippen LogP contribution in [0.2, 0.25) is 5.02 Å². The summed E-state index contributed by atoms with van der Waals surface area (Å²) in [6, 6.07) is 7.59. The zero-order valence-corrected chi connectivity index (χ0v) is 9.94. The van der Waals surface area contributed by atoms with Crippen molar-refractivity contribution in [2.24, 2.45) is 0 Å². The third kappa shape index (κ3) is 1.78. The van der Waals surface area contributed by atoms with Gasteiger partial charge < -0.3 is 5.11 Å². The summed E-state index contributed by atoms with van der Waals surface area (Å²) >= 11 is 6.11. The van der Waals surface area contributed by atoms with Crippen LogP contribution < -0.4 is 0 Å². The maximum atomic E-state index is 9.82. The fourth-order valence-corrected chi connectivity index (χ4v) is 1.88. The Balaban J connectivity index is 2.64. The van der Waals surface area contributed by atoms with Gasteiger partial charge in [0.25, 0.3) is 0 Å². The highest BCUT2D eigenvalue weighted by Crippen LogP contribution is 2.35. The molecule has 0 unspecified atom stereocenters. The van der Waals surface area contributed by atoms with E-state index in [1.807, 2.05) is 32.0 Å². The first kappa shape index (κ1) is 11.0. The van der Waals surface area contributed by atoms with Crippen molar-refractivity contribution in [1.82, 2.24) is 9.78 Å². The lowest BCUT2D eigenvalue weighted by Gasteiger charge is -2.12. The number of benzene rings is 1. The van der Waals surface area contributed by atoms with Gasteiger partial charge in [-0.25, -0.2) is 0 Å². The molecule has 0 saturated heterocycles. The van der Waals surface area contributed by atoms with Crippen molar-refractivity contribution in [3.63, 3.8) is 0 Å². The van der Waals surface area contributed by atoms with E-state index in [4.69, 9.17) is 11.6 Å². The molecule has 0 bridgehead atoms. The Morgan fingerprint density at radius 3 is 2.62 bits per heavy atom. The third-order valence-electron chi connectivity index (χ3n) is 2.39. The molecule has 0 atom stereocenters. The molecule has 1 aromatic heterocycles. The summed E-state index contributed by atoms with van der Waals surface area (Å²) in [5.74, 6) is 0.154. The largest absolute Gasteiger partial charge is 0.504 e. The number of halogens is 1. The molecule has 0 fully saturated rings. The molecule has 1 heterocycles. The topological polar surface area (TPSA) is 38.0 Å². The van der Waals surface area contributed by atoms with Gasteiger partial charge in [-0.3, -0.25) is 4.68 Å². The molecule has 0 aliphatic heterocycles. The SMILES string of the molecule is CC(C)n1ncc(O)c1-c1ccccc1Cl. The highest BCUT2D eigenvalue weighted by atomic mass is 35.5. The number of rotatable bonds is 2. The van der Waals surface area contributed by atoms with Crippen molar-refractivity contribution < 1.29 is 5.11 Å². The Kier molecular flexibility index (Phi) is 2.88. The minimum Gasteiger partial charge on any atom is -0.504 e. The monoisotopic (exact) mass is 236 g/mol. The second kappa shape index (κ2) is 4.18. The molecule has 3 nitrogen and oxygen atoms in total. The average molecular weight is 237 g/mol. The minimum atomic E-state index is 0.154. The van der Waals surface area contributed by atoms with Gasteiger partial charge in [-0.1, -0.05) is 29.8 Å². The number of nitrogens with zero attached hydrogens (tertiary/aromatic N) is 2. The molecule has 4 heteroatoms. The number of aromatic hydroxyl groups is 1. The molecule has 84 valence electrons. The van der Waals surface area contributed by atoms with E-state index in [1.54, 1.807) is 10.7 Å². The van der Waals surface area contributed by atoms with Gasteiger partial charge in [-0.2, -0.15) is 5.10 Å². The molecular weight excluding hydrogens is 224 g/mol. The van der Waals surface area contributed by atoms with E-state index < -0.39 is 0 Å². The van der Waals surface area contributed by atoms with Gasteiger partial charge >= 0.3 is 0 Å². The van der Waals surface area contributed by atoms with Crippen molar-refractivity contribution >= 4 is 11.6 Å². The first-order valence-corrected chi connectivity index (χ1v) is 5.50. The van der Waals surface area contributed by atoms with Crippen LogP contribution in [0.3, 0.4) is 0 Å². The lowest BCUT2D eigenvalue weighted by Crippen LogP contribution is -2.04. The van der Waals surface area contributed by atoms with Crippen LogP contribution in [0.5, 0.6) is 5.75 Å². The van der Waals surface area contributed by atoms with Gasteiger partial charge in [-0.05, 0) is 19.9 Å². The van der Waals surface area contributed by atoms with Crippen LogP contribution in [-0.4, -0.2) is 14.9 Å². The number of aromatic nitrogens is 2. The molecule has 2 aromatic rings. The quantitative estimate of drug-likeness (QED) is 0.867. The first-order valence-electron chi connectivity index (χ1n) is 5.12. The lowest BCUT2D eigenvalue weighted by atomic mass is 10.1. The second-order valence-electron chi connectivity index (χ2n) is 3.90. The van der Waals surface area contributed by atoms with Gasteiger partial charge in [0.05, 0.1) is 11.2 Å². The minimum absolute atomic E-state index is 0.154. The van der Waals surface area contributed by atoms with Gasteiger partial charge in [0.15, 0.2) is 5.75 Å². The summed E-state index contributed by atoms with van der Waals surface area (Å²) in [6.45, 7) is 4.01. The summed E-state index contributed by atoms with van der Waals surface area (Å²) in [5.41, 5.74) is 1.47. The molecule has 0 aliphatic carbocycles. The van der Waals surface area contributed by atoms with Gasteiger partial charge in [0, 0.05) is 11.6 Å². The molecule has 16 heavy (non-hydrogen) atoms. The molecule has 2 rings (SSSR count). The average Bonchev–Trinajstić information content (AvgIpc) is 2.61. The summed E-state index contributed by atoms with van der Waals surface area (Å²) in [6.07, 6.45) is 1.44. The Labute approximate surface area is 99.3 Å². The molecule has 1 aromatic carbocycles. The summed E-state index contributed by atoms with van der Waals surface area (Å²) in [4.78, 5) is 0. The highest BCUT2D eigenvalue weighted by molar-refractivity contribution is 6.33. The first-order chi connectivity index (χ1) is 7.61. The Bertz CT molecular complexity index is 505. The van der Waals surface area contributed by atoms with Crippen LogP contribution in [0.25, 0.3) is 11.3 Å². The zero-order valence-electron chi connectivity index (χ0n) is 9.18. The van der Waals surface area contributed by atoms with E-state index in [0.29, 0.717) is 10.7 Å². The van der Waals surface area contributed by atoms with Crippen molar-refractivity contribution in [1.29, 1.82) is 0 Å². The fraction of sp³-hybridized carbons (Fsp3) is 0.250. The van der Waals surface area contributed by atoms with E-state index in [2.05, 4.69) is 5.10 Å². The maximum Gasteiger partial charge on any atom is 0.161 e. The van der Waals surface area contributed by atoms with Gasteiger partial charge in [0.2, 0.25) is 0 Å². The maximum absolute atomic E-state index is 9.82. The molecule has 0 radical (unpaired) electrons. The third-order valence-corrected chi connectivity index (χ3v) is 2.72. The predicted octanol–water partition coefficient (Wildman–Crippen LogP) is 3.49. The van der Waals surface area contributed by atoms with Crippen molar-refractivity contribution in [3.8, 4) is 17.0 Å². The van der Waals surface area contributed by atoms with Crippen LogP contribution >= 0.6 is 11.6 Å². The van der Waals surface area contributed by atoms with E-state index in [0.717, 1.165) is 5.56 Å². The number of hydrogen-bond donors (Lipinski definition) is 1. The summed E-state index contributed by atoms with van der Waals surface area (Å²) in [7, 11) is 0. The fourth-order valence-electron chi connectivity index (χ4n) is 1.66. The Morgan fingerprint density at radius 1 is 1.31 bits per heavy atom. The van der Waals surface area contributed by atoms with Crippen LogP contribution in [0.1, 0.15) is 19.9 Å². The van der Waals surface area contributed by atoms with Crippen LogP contribution in [0.15, 0.2) is 30.5 Å². The summed E-state index contributed by atoms with van der Waals surface area (Å²) in [5, 5.41) is 14.6. The smallest absolute Gasteiger partial charge is 0.161 e. The Morgan fingerprint density at radius 2 is 2.00 bits per heavy atom. The van der Waals surface area contributed by atoms with Crippen molar-refractivity contribution in [2.75, 3.05) is 0 Å². The normalized spacial score (nSPS) is 11.0. The van der Waals surface area contributed by atoms with E-state index in [-0.39, 0.29) is 11.8 Å². The molecule has 0 aliphatic rings. The van der Waals surface area contributed by atoms with E-state index in [9.17, 15) is 5.11 Å². The van der Waals surface area contributed by atoms with E-state index >= 15 is 0 Å². The predicted molar refractivity (Wildman–Crippen MR) is 64.7 cm³/mol. The van der Waals surface area contributed by atoms with Crippen molar-refractivity contribution in [3.05, 3.63) is 35.5 Å². The van der Waals surface area contributed by atoms with Gasteiger partial charge in [-0.15, -0.1) is 0 Å². The highest BCUT2D eigenvalue weighted by Gasteiger charge is 2.16. The standard InChI is InChI=1S/C12H13ClN2O/c1-8(2)15-12(11(16)7-14-15)9-5-3-4-6-10(9)13/h3-8,16H,1-2H3. The van der Waals surface area contributed by atoms with Crippen LogP contribution in [0, 0.1) is 0 Å². The van der Waals surface area contributed by atoms with Crippen LogP contribution in [-0.2, 0) is 0 Å². The number of hydrogen-bond acceptors (Lipinski definition) is 2. The molecular formula is C12H13ClN2O. The molecule has 0 spiro atoms. The zero-order chi connectivity index (χ0) is 11.7. The van der Waals surface area contributed by atoms with E-state index in [1.165, 1.54) is 6.20 Å². The molecule has 1 N–H and O–H groups in total. The molecule has 0 saturated carbocycles. The van der Waals surface area contributed by atoms with Crippen LogP contribution in [0.4, 0.5) is 0 Å². The Hall–Kier alpha value is -1.48. The van der Waals surface area contributed by atoms with Crippen molar-refractivity contribution in [2.45, 2.75) is 19.9 Å². The summed E-state index contributed by atoms with van der Waals surface area (Å²) < 4.78 is 1.76.